The Balaban J connectivity index is 1.80. The standard InChI is InChI=1S/C16H16N4O6S3/c1-25-14-10-13(17-16(18-14)26-2)20-28(21,22)12-7-5-11(6-8-12)19-29(23,24)15-4-3-9-27-15/h3-10,19H,1-2H3,(H,17,18,20). The molecule has 0 aliphatic rings. The van der Waals surface area contributed by atoms with Crippen LogP contribution in [0, 0.1) is 0 Å². The Morgan fingerprint density at radius 3 is 2.21 bits per heavy atom. The van der Waals surface area contributed by atoms with E-state index in [-0.39, 0.29) is 32.5 Å². The molecule has 10 nitrogen and oxygen atoms in total. The van der Waals surface area contributed by atoms with Crippen LogP contribution >= 0.6 is 11.3 Å². The number of nitrogens with zero attached hydrogens (tertiary/aromatic N) is 2. The van der Waals surface area contributed by atoms with Crippen molar-refractivity contribution in [3.8, 4) is 11.9 Å². The van der Waals surface area contributed by atoms with Crippen LogP contribution in [0.5, 0.6) is 11.9 Å². The van der Waals surface area contributed by atoms with Crippen molar-refractivity contribution in [1.29, 1.82) is 0 Å². The minimum Gasteiger partial charge on any atom is -0.481 e. The fraction of sp³-hybridized carbons (Fsp3) is 0.125. The van der Waals surface area contributed by atoms with Gasteiger partial charge < -0.3 is 9.47 Å². The van der Waals surface area contributed by atoms with Gasteiger partial charge in [-0.15, -0.1) is 11.3 Å². The number of anilines is 2. The van der Waals surface area contributed by atoms with Gasteiger partial charge in [-0.3, -0.25) is 9.44 Å². The van der Waals surface area contributed by atoms with E-state index in [0.717, 1.165) is 11.3 Å². The highest BCUT2D eigenvalue weighted by atomic mass is 32.2. The highest BCUT2D eigenvalue weighted by molar-refractivity contribution is 7.94. The Morgan fingerprint density at radius 2 is 1.62 bits per heavy atom. The second-order valence-corrected chi connectivity index (χ2v) is 9.99. The third kappa shape index (κ3) is 4.93. The Bertz CT molecular complexity index is 1170. The number of rotatable bonds is 8. The molecule has 0 fully saturated rings. The number of sulfonamides is 2. The first-order valence-electron chi connectivity index (χ1n) is 7.90. The summed E-state index contributed by atoms with van der Waals surface area (Å²) in [5.41, 5.74) is 0.225. The summed E-state index contributed by atoms with van der Waals surface area (Å²) in [5, 5.41) is 1.65. The minimum atomic E-state index is -3.99. The van der Waals surface area contributed by atoms with E-state index in [1.807, 2.05) is 0 Å². The van der Waals surface area contributed by atoms with Gasteiger partial charge in [0.2, 0.25) is 5.88 Å². The maximum atomic E-state index is 12.6. The second-order valence-electron chi connectivity index (χ2n) is 5.45. The van der Waals surface area contributed by atoms with Crippen molar-refractivity contribution in [2.75, 3.05) is 23.7 Å². The minimum absolute atomic E-state index is 0.0452. The van der Waals surface area contributed by atoms with E-state index in [1.165, 1.54) is 50.6 Å². The van der Waals surface area contributed by atoms with Gasteiger partial charge in [0.05, 0.1) is 19.1 Å². The topological polar surface area (TPSA) is 137 Å². The van der Waals surface area contributed by atoms with Crippen molar-refractivity contribution >= 4 is 42.9 Å². The van der Waals surface area contributed by atoms with Crippen molar-refractivity contribution in [1.82, 2.24) is 9.97 Å². The Morgan fingerprint density at radius 1 is 0.897 bits per heavy atom. The van der Waals surface area contributed by atoms with Crippen LogP contribution in [0.15, 0.2) is 56.9 Å². The van der Waals surface area contributed by atoms with E-state index in [2.05, 4.69) is 19.4 Å². The third-order valence-corrected chi connectivity index (χ3v) is 7.64. The van der Waals surface area contributed by atoms with Crippen LogP contribution in [0.25, 0.3) is 0 Å². The number of hydrogen-bond acceptors (Lipinski definition) is 9. The van der Waals surface area contributed by atoms with E-state index in [0.29, 0.717) is 0 Å². The highest BCUT2D eigenvalue weighted by Gasteiger charge is 2.19. The number of ether oxygens (including phenoxy) is 2. The summed E-state index contributed by atoms with van der Waals surface area (Å²) >= 11 is 1.07. The zero-order valence-electron chi connectivity index (χ0n) is 15.2. The van der Waals surface area contributed by atoms with Crippen molar-refractivity contribution in [3.63, 3.8) is 0 Å². The highest BCUT2D eigenvalue weighted by Crippen LogP contribution is 2.23. The molecular formula is C16H16N4O6S3. The van der Waals surface area contributed by atoms with E-state index in [9.17, 15) is 16.8 Å². The zero-order valence-corrected chi connectivity index (χ0v) is 17.6. The van der Waals surface area contributed by atoms with Crippen molar-refractivity contribution in [3.05, 3.63) is 47.8 Å². The van der Waals surface area contributed by atoms with Gasteiger partial charge in [0, 0.05) is 11.8 Å². The van der Waals surface area contributed by atoms with Crippen LogP contribution in [0.2, 0.25) is 0 Å². The predicted molar refractivity (Wildman–Crippen MR) is 108 cm³/mol. The molecule has 0 saturated heterocycles. The van der Waals surface area contributed by atoms with Crippen LogP contribution in [0.1, 0.15) is 0 Å². The van der Waals surface area contributed by atoms with Gasteiger partial charge in [0.15, 0.2) is 5.82 Å². The molecule has 0 amide bonds. The largest absolute Gasteiger partial charge is 0.481 e. The summed E-state index contributed by atoms with van der Waals surface area (Å²) in [5.74, 6) is 0.0732. The summed E-state index contributed by atoms with van der Waals surface area (Å²) in [6.45, 7) is 0. The number of hydrogen-bond donors (Lipinski definition) is 2. The molecule has 3 aromatic rings. The van der Waals surface area contributed by atoms with Crippen LogP contribution in [0.3, 0.4) is 0 Å². The normalized spacial score (nSPS) is 11.7. The molecule has 0 unspecified atom stereocenters. The maximum absolute atomic E-state index is 12.6. The first-order chi connectivity index (χ1) is 13.7. The van der Waals surface area contributed by atoms with Gasteiger partial charge in [0.1, 0.15) is 4.21 Å². The lowest BCUT2D eigenvalue weighted by atomic mass is 10.3. The molecule has 2 heterocycles. The molecule has 0 bridgehead atoms. The van der Waals surface area contributed by atoms with Crippen LogP contribution < -0.4 is 18.9 Å². The Labute approximate surface area is 171 Å². The fourth-order valence-electron chi connectivity index (χ4n) is 2.17. The van der Waals surface area contributed by atoms with E-state index in [1.54, 1.807) is 11.4 Å². The molecular weight excluding hydrogens is 440 g/mol. The van der Waals surface area contributed by atoms with Crippen molar-refractivity contribution < 1.29 is 26.3 Å². The van der Waals surface area contributed by atoms with Gasteiger partial charge in [-0.05, 0) is 35.7 Å². The molecule has 0 aliphatic carbocycles. The number of methoxy groups -OCH3 is 2. The van der Waals surface area contributed by atoms with Crippen LogP contribution in [0.4, 0.5) is 11.5 Å². The first kappa shape index (κ1) is 20.8. The molecule has 0 saturated carbocycles. The monoisotopic (exact) mass is 456 g/mol. The summed E-state index contributed by atoms with van der Waals surface area (Å²) in [4.78, 5) is 7.71. The lowest BCUT2D eigenvalue weighted by molar-refractivity contribution is 0.353. The second kappa shape index (κ2) is 8.23. The number of aromatic nitrogens is 2. The van der Waals surface area contributed by atoms with Crippen molar-refractivity contribution in [2.24, 2.45) is 0 Å². The molecule has 3 rings (SSSR count). The summed E-state index contributed by atoms with van der Waals surface area (Å²) in [6.07, 6.45) is 0. The molecule has 0 aliphatic heterocycles. The molecule has 154 valence electrons. The van der Waals surface area contributed by atoms with Crippen LogP contribution in [-0.2, 0) is 20.0 Å². The van der Waals surface area contributed by atoms with Gasteiger partial charge in [-0.25, -0.2) is 16.8 Å². The number of benzene rings is 1. The molecule has 2 N–H and O–H groups in total. The average molecular weight is 457 g/mol. The number of nitrogens with one attached hydrogen (secondary N) is 2. The maximum Gasteiger partial charge on any atom is 0.321 e. The molecule has 13 heteroatoms. The Hall–Kier alpha value is -2.90. The summed E-state index contributed by atoms with van der Waals surface area (Å²) in [7, 11) is -5.01. The molecule has 1 aromatic carbocycles. The third-order valence-electron chi connectivity index (χ3n) is 3.49. The lowest BCUT2D eigenvalue weighted by Gasteiger charge is -2.10. The zero-order chi connectivity index (χ0) is 21.1. The SMILES string of the molecule is COc1cc(NS(=O)(=O)c2ccc(NS(=O)(=O)c3cccs3)cc2)nc(OC)n1. The van der Waals surface area contributed by atoms with Crippen molar-refractivity contribution in [2.45, 2.75) is 9.10 Å². The predicted octanol–water partition coefficient (Wildman–Crippen LogP) is 2.16. The van der Waals surface area contributed by atoms with Gasteiger partial charge in [0.25, 0.3) is 20.0 Å². The number of thiophene rings is 1. The van der Waals surface area contributed by atoms with Gasteiger partial charge >= 0.3 is 6.01 Å². The summed E-state index contributed by atoms with van der Waals surface area (Å²) < 4.78 is 64.4. The van der Waals surface area contributed by atoms with E-state index in [4.69, 9.17) is 9.47 Å². The molecule has 29 heavy (non-hydrogen) atoms. The quantitative estimate of drug-likeness (QED) is 0.526. The van der Waals surface area contributed by atoms with Crippen LogP contribution in [-0.4, -0.2) is 41.0 Å². The lowest BCUT2D eigenvalue weighted by Crippen LogP contribution is -2.15. The van der Waals surface area contributed by atoms with E-state index >= 15 is 0 Å². The smallest absolute Gasteiger partial charge is 0.321 e. The van der Waals surface area contributed by atoms with Gasteiger partial charge in [-0.2, -0.15) is 9.97 Å². The molecule has 0 radical (unpaired) electrons. The fourth-order valence-corrected chi connectivity index (χ4v) is 5.22. The van der Waals surface area contributed by atoms with E-state index < -0.39 is 20.0 Å². The summed E-state index contributed by atoms with van der Waals surface area (Å²) in [6, 6.07) is 9.55. The Kier molecular flexibility index (Phi) is 5.91. The average Bonchev–Trinajstić information content (AvgIpc) is 3.23. The molecule has 0 atom stereocenters. The van der Waals surface area contributed by atoms with Gasteiger partial charge in [-0.1, -0.05) is 6.07 Å². The molecule has 2 aromatic heterocycles. The first-order valence-corrected chi connectivity index (χ1v) is 11.7. The molecule has 0 spiro atoms.